The lowest BCUT2D eigenvalue weighted by atomic mass is 10.1. The number of para-hydroxylation sites is 1. The molecule has 0 aliphatic carbocycles. The summed E-state index contributed by atoms with van der Waals surface area (Å²) >= 11 is 0. The lowest BCUT2D eigenvalue weighted by Crippen LogP contribution is -2.42. The standard InChI is InChI=1S/C18H21N3O.2ClH/c1-12-5-6-13-3-2-4-16(17(13)20-12)18(22)21-14-7-8-15(21)11-19-10-9-14;;/h2-6,14-15,19H,7-11H2,1H3;2*1H. The third-order valence-corrected chi connectivity index (χ3v) is 4.98. The Bertz CT molecular complexity index is 723. The molecule has 0 spiro atoms. The minimum Gasteiger partial charge on any atom is -0.331 e. The Hall–Kier alpha value is -1.36. The highest BCUT2D eigenvalue weighted by Gasteiger charge is 2.38. The van der Waals surface area contributed by atoms with Crippen LogP contribution in [0.3, 0.4) is 0 Å². The number of carbonyl (C=O) groups excluding carboxylic acids is 1. The number of hydrogen-bond donors (Lipinski definition) is 1. The summed E-state index contributed by atoms with van der Waals surface area (Å²) in [4.78, 5) is 19.9. The molecule has 2 aromatic rings. The molecule has 130 valence electrons. The van der Waals surface area contributed by atoms with Crippen molar-refractivity contribution in [2.75, 3.05) is 13.1 Å². The Labute approximate surface area is 154 Å². The summed E-state index contributed by atoms with van der Waals surface area (Å²) in [6, 6.07) is 10.7. The van der Waals surface area contributed by atoms with Gasteiger partial charge >= 0.3 is 0 Å². The third kappa shape index (κ3) is 3.23. The first-order valence-electron chi connectivity index (χ1n) is 8.14. The van der Waals surface area contributed by atoms with Gasteiger partial charge in [0.1, 0.15) is 0 Å². The number of amides is 1. The van der Waals surface area contributed by atoms with Crippen molar-refractivity contribution < 1.29 is 4.79 Å². The summed E-state index contributed by atoms with van der Waals surface area (Å²) in [5.41, 5.74) is 2.54. The van der Waals surface area contributed by atoms with E-state index in [0.29, 0.717) is 12.1 Å². The Morgan fingerprint density at radius 2 is 1.92 bits per heavy atom. The van der Waals surface area contributed by atoms with E-state index in [2.05, 4.69) is 15.2 Å². The van der Waals surface area contributed by atoms with Crippen LogP contribution in [0.4, 0.5) is 0 Å². The molecule has 1 amide bonds. The number of hydrogen-bond acceptors (Lipinski definition) is 3. The molecule has 2 aliphatic rings. The lowest BCUT2D eigenvalue weighted by molar-refractivity contribution is 0.0682. The zero-order valence-corrected chi connectivity index (χ0v) is 15.3. The van der Waals surface area contributed by atoms with Gasteiger partial charge in [0.05, 0.1) is 11.1 Å². The quantitative estimate of drug-likeness (QED) is 0.840. The highest BCUT2D eigenvalue weighted by atomic mass is 35.5. The first-order chi connectivity index (χ1) is 10.7. The van der Waals surface area contributed by atoms with Crippen LogP contribution in [0.25, 0.3) is 10.9 Å². The number of nitrogens with zero attached hydrogens (tertiary/aromatic N) is 2. The van der Waals surface area contributed by atoms with E-state index in [1.807, 2.05) is 37.3 Å². The normalized spacial score (nSPS) is 22.5. The lowest BCUT2D eigenvalue weighted by Gasteiger charge is -2.28. The molecular weight excluding hydrogens is 345 g/mol. The molecule has 2 fully saturated rings. The van der Waals surface area contributed by atoms with Gasteiger partial charge in [-0.3, -0.25) is 9.78 Å². The number of halogens is 2. The van der Waals surface area contributed by atoms with Gasteiger partial charge in [-0.2, -0.15) is 0 Å². The molecule has 2 bridgehead atoms. The molecule has 1 aromatic carbocycles. The predicted octanol–water partition coefficient (Wildman–Crippen LogP) is 3.35. The molecule has 1 aromatic heterocycles. The van der Waals surface area contributed by atoms with E-state index in [9.17, 15) is 4.79 Å². The molecule has 2 atom stereocenters. The Kier molecular flexibility index (Phi) is 6.07. The fourth-order valence-electron chi connectivity index (χ4n) is 3.87. The molecule has 2 aliphatic heterocycles. The third-order valence-electron chi connectivity index (χ3n) is 4.98. The average molecular weight is 368 g/mol. The van der Waals surface area contributed by atoms with Crippen LogP contribution < -0.4 is 5.32 Å². The van der Waals surface area contributed by atoms with Gasteiger partial charge in [-0.1, -0.05) is 18.2 Å². The van der Waals surface area contributed by atoms with Gasteiger partial charge in [0.25, 0.3) is 5.91 Å². The molecule has 6 heteroatoms. The van der Waals surface area contributed by atoms with Gasteiger partial charge < -0.3 is 10.2 Å². The highest BCUT2D eigenvalue weighted by Crippen LogP contribution is 2.31. The van der Waals surface area contributed by atoms with E-state index in [1.165, 1.54) is 0 Å². The molecule has 0 radical (unpaired) electrons. The maximum atomic E-state index is 13.2. The van der Waals surface area contributed by atoms with E-state index >= 15 is 0 Å². The van der Waals surface area contributed by atoms with Gasteiger partial charge in [0, 0.05) is 29.7 Å². The second kappa shape index (κ2) is 7.68. The van der Waals surface area contributed by atoms with E-state index in [4.69, 9.17) is 0 Å². The van der Waals surface area contributed by atoms with Gasteiger partial charge in [-0.25, -0.2) is 0 Å². The van der Waals surface area contributed by atoms with Crippen LogP contribution in [0.2, 0.25) is 0 Å². The van der Waals surface area contributed by atoms with Gasteiger partial charge in [-0.15, -0.1) is 24.8 Å². The largest absolute Gasteiger partial charge is 0.331 e. The van der Waals surface area contributed by atoms with Crippen LogP contribution in [0.1, 0.15) is 35.3 Å². The maximum absolute atomic E-state index is 13.2. The molecule has 4 rings (SSSR count). The fourth-order valence-corrected chi connectivity index (χ4v) is 3.87. The molecule has 1 N–H and O–H groups in total. The number of nitrogens with one attached hydrogen (secondary N) is 1. The molecule has 4 nitrogen and oxygen atoms in total. The first-order valence-corrected chi connectivity index (χ1v) is 8.14. The van der Waals surface area contributed by atoms with E-state index in [-0.39, 0.29) is 30.7 Å². The average Bonchev–Trinajstić information content (AvgIpc) is 2.79. The van der Waals surface area contributed by atoms with Crippen molar-refractivity contribution in [2.45, 2.75) is 38.3 Å². The number of fused-ring (bicyclic) bond motifs is 3. The van der Waals surface area contributed by atoms with Crippen molar-refractivity contribution in [3.8, 4) is 0 Å². The van der Waals surface area contributed by atoms with E-state index < -0.39 is 0 Å². The topological polar surface area (TPSA) is 45.2 Å². The SMILES string of the molecule is Cc1ccc2cccc(C(=O)N3C4CCNCC3CC4)c2n1.Cl.Cl. The highest BCUT2D eigenvalue weighted by molar-refractivity contribution is 6.05. The number of aryl methyl sites for hydroxylation is 1. The summed E-state index contributed by atoms with van der Waals surface area (Å²) in [6.07, 6.45) is 3.30. The number of pyridine rings is 1. The number of benzene rings is 1. The van der Waals surface area contributed by atoms with Gasteiger partial charge in [0.15, 0.2) is 0 Å². The van der Waals surface area contributed by atoms with Crippen molar-refractivity contribution >= 4 is 41.6 Å². The minimum absolute atomic E-state index is 0. The molecule has 24 heavy (non-hydrogen) atoms. The maximum Gasteiger partial charge on any atom is 0.256 e. The fraction of sp³-hybridized carbons (Fsp3) is 0.444. The number of aromatic nitrogens is 1. The van der Waals surface area contributed by atoms with Crippen molar-refractivity contribution in [3.05, 3.63) is 41.6 Å². The Balaban J connectivity index is 0.00000104. The number of rotatable bonds is 1. The van der Waals surface area contributed by atoms with Crippen LogP contribution >= 0.6 is 24.8 Å². The summed E-state index contributed by atoms with van der Waals surface area (Å²) < 4.78 is 0. The molecule has 3 heterocycles. The summed E-state index contributed by atoms with van der Waals surface area (Å²) in [5, 5.41) is 4.49. The summed E-state index contributed by atoms with van der Waals surface area (Å²) in [5.74, 6) is 0.153. The zero-order chi connectivity index (χ0) is 15.1. The van der Waals surface area contributed by atoms with Crippen molar-refractivity contribution in [2.24, 2.45) is 0 Å². The van der Waals surface area contributed by atoms with Crippen molar-refractivity contribution in [1.29, 1.82) is 0 Å². The molecule has 2 saturated heterocycles. The molecular formula is C18H23Cl2N3O. The van der Waals surface area contributed by atoms with Gasteiger partial charge in [-0.05, 0) is 44.9 Å². The minimum atomic E-state index is 0. The molecule has 0 saturated carbocycles. The van der Waals surface area contributed by atoms with Crippen molar-refractivity contribution in [3.63, 3.8) is 0 Å². The molecule has 2 unspecified atom stereocenters. The van der Waals surface area contributed by atoms with Crippen LogP contribution in [0.5, 0.6) is 0 Å². The summed E-state index contributed by atoms with van der Waals surface area (Å²) in [6.45, 7) is 3.90. The van der Waals surface area contributed by atoms with Crippen LogP contribution in [0, 0.1) is 6.92 Å². The Morgan fingerprint density at radius 1 is 1.12 bits per heavy atom. The first kappa shape index (κ1) is 19.0. The zero-order valence-electron chi connectivity index (χ0n) is 13.7. The second-order valence-electron chi connectivity index (χ2n) is 6.42. The summed E-state index contributed by atoms with van der Waals surface area (Å²) in [7, 11) is 0. The van der Waals surface area contributed by atoms with Crippen LogP contribution in [-0.2, 0) is 0 Å². The smallest absolute Gasteiger partial charge is 0.256 e. The van der Waals surface area contributed by atoms with E-state index in [1.54, 1.807) is 0 Å². The number of carbonyl (C=O) groups is 1. The van der Waals surface area contributed by atoms with E-state index in [0.717, 1.165) is 54.5 Å². The van der Waals surface area contributed by atoms with Crippen molar-refractivity contribution in [1.82, 2.24) is 15.2 Å². The Morgan fingerprint density at radius 3 is 2.75 bits per heavy atom. The van der Waals surface area contributed by atoms with Gasteiger partial charge in [0.2, 0.25) is 0 Å². The second-order valence-corrected chi connectivity index (χ2v) is 6.42. The monoisotopic (exact) mass is 367 g/mol. The van der Waals surface area contributed by atoms with Crippen LogP contribution in [0.15, 0.2) is 30.3 Å². The predicted molar refractivity (Wildman–Crippen MR) is 101 cm³/mol. The van der Waals surface area contributed by atoms with Crippen LogP contribution in [-0.4, -0.2) is 41.0 Å².